The predicted molar refractivity (Wildman–Crippen MR) is 94.6 cm³/mol. The molecule has 124 valence electrons. The van der Waals surface area contributed by atoms with Crippen molar-refractivity contribution in [2.45, 2.75) is 25.7 Å². The molecule has 0 spiro atoms. The Hall–Kier alpha value is -2.41. The average Bonchev–Trinajstić information content (AvgIpc) is 2.55. The fourth-order valence-corrected chi connectivity index (χ4v) is 3.20. The van der Waals surface area contributed by atoms with Gasteiger partial charge in [-0.3, -0.25) is 9.59 Å². The van der Waals surface area contributed by atoms with Gasteiger partial charge < -0.3 is 10.1 Å². The first-order valence-corrected chi connectivity index (χ1v) is 8.41. The molecule has 1 heterocycles. The lowest BCUT2D eigenvalue weighted by Gasteiger charge is -2.17. The van der Waals surface area contributed by atoms with E-state index in [0.29, 0.717) is 18.4 Å². The number of hydrazone groups is 1. The molecule has 0 radical (unpaired) electrons. The van der Waals surface area contributed by atoms with Crippen LogP contribution in [0.3, 0.4) is 0 Å². The topological polar surface area (TPSA) is 94.5 Å². The van der Waals surface area contributed by atoms with Crippen LogP contribution < -0.4 is 11.0 Å². The van der Waals surface area contributed by atoms with Gasteiger partial charge in [-0.25, -0.2) is 5.43 Å². The predicted octanol–water partition coefficient (Wildman–Crippen LogP) is 2.49. The van der Waals surface area contributed by atoms with Gasteiger partial charge in [0.15, 0.2) is 0 Å². The lowest BCUT2D eigenvalue weighted by atomic mass is 9.94. The van der Waals surface area contributed by atoms with Gasteiger partial charge in [0.2, 0.25) is 0 Å². The van der Waals surface area contributed by atoms with E-state index in [9.17, 15) is 14.7 Å². The lowest BCUT2D eigenvalue weighted by molar-refractivity contribution is 0.0950. The zero-order chi connectivity index (χ0) is 17.1. The number of amides is 1. The Morgan fingerprint density at radius 2 is 2.12 bits per heavy atom. The highest BCUT2D eigenvalue weighted by Crippen LogP contribution is 2.28. The molecule has 1 aromatic carbocycles. The molecule has 0 atom stereocenters. The Balaban J connectivity index is 1.81. The van der Waals surface area contributed by atoms with Crippen molar-refractivity contribution in [1.29, 1.82) is 0 Å². The third-order valence-electron chi connectivity index (χ3n) is 3.94. The number of rotatable bonds is 3. The smallest absolute Gasteiger partial charge is 0.280 e. The summed E-state index contributed by atoms with van der Waals surface area (Å²) < 4.78 is 0.890. The Morgan fingerprint density at radius 3 is 2.92 bits per heavy atom. The number of nitrogens with zero attached hydrogens (tertiary/aromatic N) is 1. The number of aromatic amines is 1. The van der Waals surface area contributed by atoms with Crippen molar-refractivity contribution >= 4 is 28.1 Å². The number of pyridine rings is 1. The standard InChI is InChI=1S/C17H16BrN3O3/c18-11-5-3-4-10(8-11)9-19-21-17(24)14-15(22)12-6-1-2-7-13(12)20-16(14)23/h3-5,8-9H,1-2,6-7H2,(H,21,24)(H2,20,22,23)/b19-9+. The molecule has 3 rings (SSSR count). The molecular formula is C17H16BrN3O3. The summed E-state index contributed by atoms with van der Waals surface area (Å²) in [4.78, 5) is 27.0. The van der Waals surface area contributed by atoms with E-state index in [1.807, 2.05) is 24.3 Å². The van der Waals surface area contributed by atoms with Crippen molar-refractivity contribution in [3.8, 4) is 5.75 Å². The van der Waals surface area contributed by atoms with Crippen LogP contribution in [0.25, 0.3) is 0 Å². The summed E-state index contributed by atoms with van der Waals surface area (Å²) in [6.07, 6.45) is 4.71. The van der Waals surface area contributed by atoms with Crippen LogP contribution in [0.15, 0.2) is 38.6 Å². The molecule has 1 aliphatic rings. The van der Waals surface area contributed by atoms with Gasteiger partial charge in [-0.05, 0) is 43.4 Å². The Bertz CT molecular complexity index is 874. The fraction of sp³-hybridized carbons (Fsp3) is 0.235. The number of halogens is 1. The highest BCUT2D eigenvalue weighted by atomic mass is 79.9. The number of benzene rings is 1. The molecule has 1 aromatic heterocycles. The first kappa shape index (κ1) is 16.4. The Morgan fingerprint density at radius 1 is 1.33 bits per heavy atom. The normalized spacial score (nSPS) is 13.7. The number of hydrogen-bond donors (Lipinski definition) is 3. The third-order valence-corrected chi connectivity index (χ3v) is 4.43. The second-order valence-corrected chi connectivity index (χ2v) is 6.51. The molecule has 0 unspecified atom stereocenters. The maximum atomic E-state index is 12.2. The second kappa shape index (κ2) is 7.00. The average molecular weight is 390 g/mol. The monoisotopic (exact) mass is 389 g/mol. The highest BCUT2D eigenvalue weighted by Gasteiger charge is 2.23. The summed E-state index contributed by atoms with van der Waals surface area (Å²) in [5.41, 5.74) is 3.57. The molecule has 0 aliphatic heterocycles. The number of fused-ring (bicyclic) bond motifs is 1. The quantitative estimate of drug-likeness (QED) is 0.555. The van der Waals surface area contributed by atoms with E-state index in [0.717, 1.165) is 28.6 Å². The molecule has 1 aliphatic carbocycles. The molecule has 0 saturated heterocycles. The van der Waals surface area contributed by atoms with E-state index in [2.05, 4.69) is 31.4 Å². The molecule has 0 saturated carbocycles. The Labute approximate surface area is 146 Å². The number of hydrogen-bond acceptors (Lipinski definition) is 4. The number of aryl methyl sites for hydroxylation is 1. The van der Waals surface area contributed by atoms with Crippen molar-refractivity contribution < 1.29 is 9.90 Å². The molecule has 1 amide bonds. The van der Waals surface area contributed by atoms with Gasteiger partial charge in [0.1, 0.15) is 11.3 Å². The zero-order valence-corrected chi connectivity index (χ0v) is 14.4. The minimum atomic E-state index is -0.728. The number of H-pyrrole nitrogens is 1. The van der Waals surface area contributed by atoms with Crippen LogP contribution in [-0.4, -0.2) is 22.2 Å². The van der Waals surface area contributed by atoms with Gasteiger partial charge in [0.05, 0.1) is 6.21 Å². The maximum Gasteiger partial charge on any atom is 0.280 e. The van der Waals surface area contributed by atoms with Crippen LogP contribution in [0.1, 0.15) is 40.0 Å². The third kappa shape index (κ3) is 3.41. The van der Waals surface area contributed by atoms with E-state index in [1.165, 1.54) is 6.21 Å². The maximum absolute atomic E-state index is 12.2. The number of aromatic nitrogens is 1. The van der Waals surface area contributed by atoms with Crippen molar-refractivity contribution in [3.63, 3.8) is 0 Å². The van der Waals surface area contributed by atoms with Crippen LogP contribution >= 0.6 is 15.9 Å². The molecule has 2 aromatic rings. The second-order valence-electron chi connectivity index (χ2n) is 5.60. The van der Waals surface area contributed by atoms with Gasteiger partial charge >= 0.3 is 0 Å². The van der Waals surface area contributed by atoms with Crippen molar-refractivity contribution in [3.05, 3.63) is 61.5 Å². The van der Waals surface area contributed by atoms with Crippen molar-refractivity contribution in [2.75, 3.05) is 0 Å². The van der Waals surface area contributed by atoms with Crippen molar-refractivity contribution in [2.24, 2.45) is 5.10 Å². The molecule has 3 N–H and O–H groups in total. The van der Waals surface area contributed by atoms with Crippen LogP contribution in [-0.2, 0) is 12.8 Å². The lowest BCUT2D eigenvalue weighted by Crippen LogP contribution is -2.29. The van der Waals surface area contributed by atoms with Gasteiger partial charge in [-0.15, -0.1) is 0 Å². The molecule has 24 heavy (non-hydrogen) atoms. The number of carbonyl (C=O) groups excluding carboxylic acids is 1. The summed E-state index contributed by atoms with van der Waals surface area (Å²) in [7, 11) is 0. The summed E-state index contributed by atoms with van der Waals surface area (Å²) in [5.74, 6) is -0.961. The zero-order valence-electron chi connectivity index (χ0n) is 12.8. The highest BCUT2D eigenvalue weighted by molar-refractivity contribution is 9.10. The van der Waals surface area contributed by atoms with E-state index < -0.39 is 11.5 Å². The number of nitrogens with one attached hydrogen (secondary N) is 2. The minimum Gasteiger partial charge on any atom is -0.507 e. The van der Waals surface area contributed by atoms with Crippen molar-refractivity contribution in [1.82, 2.24) is 10.4 Å². The van der Waals surface area contributed by atoms with Gasteiger partial charge in [-0.1, -0.05) is 28.1 Å². The van der Waals surface area contributed by atoms with Gasteiger partial charge in [0, 0.05) is 15.7 Å². The van der Waals surface area contributed by atoms with Crippen LogP contribution in [0.4, 0.5) is 0 Å². The summed E-state index contributed by atoms with van der Waals surface area (Å²) in [5, 5.41) is 14.1. The van der Waals surface area contributed by atoms with Crippen LogP contribution in [0.5, 0.6) is 5.75 Å². The molecule has 6 nitrogen and oxygen atoms in total. The summed E-state index contributed by atoms with van der Waals surface area (Å²) >= 11 is 3.35. The SMILES string of the molecule is O=C(N/N=C/c1cccc(Br)c1)c1c(O)c2c([nH]c1=O)CCCC2. The van der Waals surface area contributed by atoms with Crippen LogP contribution in [0.2, 0.25) is 0 Å². The Kier molecular flexibility index (Phi) is 4.80. The molecule has 7 heteroatoms. The van der Waals surface area contributed by atoms with Gasteiger partial charge in [-0.2, -0.15) is 5.10 Å². The molecule has 0 fully saturated rings. The molecular weight excluding hydrogens is 374 g/mol. The minimum absolute atomic E-state index is 0.233. The summed E-state index contributed by atoms with van der Waals surface area (Å²) in [6, 6.07) is 7.37. The first-order valence-electron chi connectivity index (χ1n) is 7.62. The van der Waals surface area contributed by atoms with Gasteiger partial charge in [0.25, 0.3) is 11.5 Å². The van der Waals surface area contributed by atoms with Crippen LogP contribution in [0, 0.1) is 0 Å². The molecule has 0 bridgehead atoms. The summed E-state index contributed by atoms with van der Waals surface area (Å²) in [6.45, 7) is 0. The fourth-order valence-electron chi connectivity index (χ4n) is 2.78. The van der Waals surface area contributed by atoms with E-state index in [4.69, 9.17) is 0 Å². The largest absolute Gasteiger partial charge is 0.507 e. The number of aromatic hydroxyl groups is 1. The number of carbonyl (C=O) groups is 1. The van der Waals surface area contributed by atoms with E-state index in [-0.39, 0.29) is 11.3 Å². The van der Waals surface area contributed by atoms with E-state index in [1.54, 1.807) is 0 Å². The first-order chi connectivity index (χ1) is 11.6. The van der Waals surface area contributed by atoms with E-state index >= 15 is 0 Å².